The van der Waals surface area contributed by atoms with E-state index in [2.05, 4.69) is 34.3 Å². The molecule has 0 bridgehead atoms. The Bertz CT molecular complexity index is 722. The monoisotopic (exact) mass is 353 g/mol. The smallest absolute Gasteiger partial charge is 0.227 e. The number of ether oxygens (including phenoxy) is 1. The lowest BCUT2D eigenvalue weighted by atomic mass is 10.2. The van der Waals surface area contributed by atoms with Crippen LogP contribution in [0.15, 0.2) is 48.5 Å². The minimum Gasteiger partial charge on any atom is -0.493 e. The van der Waals surface area contributed by atoms with Gasteiger partial charge in [-0.15, -0.1) is 0 Å². The maximum Gasteiger partial charge on any atom is 0.227 e. The number of amides is 1. The number of hydrogen-bond donors (Lipinski definition) is 1. The molecule has 3 rings (SSSR count). The third-order valence-electron chi connectivity index (χ3n) is 4.61. The van der Waals surface area contributed by atoms with Crippen LogP contribution in [0.5, 0.6) is 5.75 Å². The van der Waals surface area contributed by atoms with E-state index in [0.717, 1.165) is 43.2 Å². The highest BCUT2D eigenvalue weighted by Crippen LogP contribution is 2.19. The first-order chi connectivity index (χ1) is 12.6. The lowest BCUT2D eigenvalue weighted by molar-refractivity contribution is -0.116. The Kier molecular flexibility index (Phi) is 6.12. The number of nitrogens with zero attached hydrogens (tertiary/aromatic N) is 2. The number of carbonyl (C=O) groups excluding carboxylic acids is 1. The molecule has 1 amide bonds. The molecule has 1 saturated heterocycles. The molecular formula is C21H27N3O2. The normalized spacial score (nSPS) is 14.9. The van der Waals surface area contributed by atoms with Gasteiger partial charge in [0, 0.05) is 37.6 Å². The Balaban J connectivity index is 1.44. The van der Waals surface area contributed by atoms with E-state index in [-0.39, 0.29) is 5.91 Å². The van der Waals surface area contributed by atoms with E-state index >= 15 is 0 Å². The number of rotatable bonds is 6. The average molecular weight is 353 g/mol. The highest BCUT2D eigenvalue weighted by atomic mass is 16.5. The van der Waals surface area contributed by atoms with Crippen LogP contribution in [0.4, 0.5) is 11.4 Å². The van der Waals surface area contributed by atoms with Crippen molar-refractivity contribution in [2.75, 3.05) is 50.1 Å². The van der Waals surface area contributed by atoms with Gasteiger partial charge in [0.2, 0.25) is 5.91 Å². The Morgan fingerprint density at radius 2 is 1.81 bits per heavy atom. The van der Waals surface area contributed by atoms with Crippen molar-refractivity contribution in [2.45, 2.75) is 13.3 Å². The third-order valence-corrected chi connectivity index (χ3v) is 4.61. The molecule has 0 aromatic heterocycles. The number of piperazine rings is 1. The fourth-order valence-corrected chi connectivity index (χ4v) is 3.01. The summed E-state index contributed by atoms with van der Waals surface area (Å²) in [6, 6.07) is 15.9. The SMILES string of the molecule is Cc1cccc(OCCC(=O)Nc2ccc(N3CCN(C)CC3)cc2)c1. The summed E-state index contributed by atoms with van der Waals surface area (Å²) in [6.07, 6.45) is 0.328. The summed E-state index contributed by atoms with van der Waals surface area (Å²) in [5.74, 6) is 0.763. The molecule has 0 spiro atoms. The van der Waals surface area contributed by atoms with Crippen LogP contribution in [0.1, 0.15) is 12.0 Å². The van der Waals surface area contributed by atoms with Crippen molar-refractivity contribution < 1.29 is 9.53 Å². The van der Waals surface area contributed by atoms with Crippen LogP contribution in [0.2, 0.25) is 0 Å². The highest BCUT2D eigenvalue weighted by Gasteiger charge is 2.14. The lowest BCUT2D eigenvalue weighted by Gasteiger charge is -2.34. The Hall–Kier alpha value is -2.53. The molecule has 26 heavy (non-hydrogen) atoms. The first-order valence-corrected chi connectivity index (χ1v) is 9.13. The summed E-state index contributed by atoms with van der Waals surface area (Å²) in [5, 5.41) is 2.93. The van der Waals surface area contributed by atoms with Crippen LogP contribution >= 0.6 is 0 Å². The van der Waals surface area contributed by atoms with Crippen LogP contribution in [0.3, 0.4) is 0 Å². The number of hydrogen-bond acceptors (Lipinski definition) is 4. The largest absolute Gasteiger partial charge is 0.493 e. The average Bonchev–Trinajstić information content (AvgIpc) is 2.63. The van der Waals surface area contributed by atoms with Gasteiger partial charge < -0.3 is 19.9 Å². The van der Waals surface area contributed by atoms with E-state index in [4.69, 9.17) is 4.74 Å². The molecular weight excluding hydrogens is 326 g/mol. The number of nitrogens with one attached hydrogen (secondary N) is 1. The molecule has 1 heterocycles. The van der Waals surface area contributed by atoms with Crippen LogP contribution in [-0.4, -0.2) is 50.6 Å². The van der Waals surface area contributed by atoms with Gasteiger partial charge in [-0.25, -0.2) is 0 Å². The molecule has 0 radical (unpaired) electrons. The summed E-state index contributed by atoms with van der Waals surface area (Å²) in [6.45, 7) is 6.63. The standard InChI is InChI=1S/C21H27N3O2/c1-17-4-3-5-20(16-17)26-15-10-21(25)22-18-6-8-19(9-7-18)24-13-11-23(2)12-14-24/h3-9,16H,10-15H2,1-2H3,(H,22,25). The van der Waals surface area contributed by atoms with Crippen LogP contribution in [0.25, 0.3) is 0 Å². The van der Waals surface area contributed by atoms with Crippen molar-refractivity contribution in [1.82, 2.24) is 4.90 Å². The van der Waals surface area contributed by atoms with Crippen molar-refractivity contribution in [1.29, 1.82) is 0 Å². The van der Waals surface area contributed by atoms with Gasteiger partial charge in [-0.1, -0.05) is 12.1 Å². The predicted molar refractivity (Wildman–Crippen MR) is 106 cm³/mol. The minimum atomic E-state index is -0.0370. The molecule has 0 saturated carbocycles. The summed E-state index contributed by atoms with van der Waals surface area (Å²) < 4.78 is 5.63. The van der Waals surface area contributed by atoms with Gasteiger partial charge >= 0.3 is 0 Å². The second-order valence-corrected chi connectivity index (χ2v) is 6.80. The second kappa shape index (κ2) is 8.72. The second-order valence-electron chi connectivity index (χ2n) is 6.80. The van der Waals surface area contributed by atoms with E-state index in [1.54, 1.807) is 0 Å². The molecule has 0 aliphatic carbocycles. The zero-order valence-electron chi connectivity index (χ0n) is 15.6. The Morgan fingerprint density at radius 1 is 1.08 bits per heavy atom. The van der Waals surface area contributed by atoms with E-state index in [0.29, 0.717) is 13.0 Å². The van der Waals surface area contributed by atoms with Crippen molar-refractivity contribution in [3.05, 3.63) is 54.1 Å². The highest BCUT2D eigenvalue weighted by molar-refractivity contribution is 5.90. The molecule has 1 N–H and O–H groups in total. The molecule has 1 fully saturated rings. The first kappa shape index (κ1) is 18.3. The van der Waals surface area contributed by atoms with Crippen molar-refractivity contribution in [2.24, 2.45) is 0 Å². The van der Waals surface area contributed by atoms with Crippen molar-refractivity contribution in [3.63, 3.8) is 0 Å². The topological polar surface area (TPSA) is 44.8 Å². The summed E-state index contributed by atoms with van der Waals surface area (Å²) in [5.41, 5.74) is 3.18. The minimum absolute atomic E-state index is 0.0370. The molecule has 0 unspecified atom stereocenters. The van der Waals surface area contributed by atoms with E-state index in [9.17, 15) is 4.79 Å². The van der Waals surface area contributed by atoms with E-state index in [1.807, 2.05) is 43.3 Å². The zero-order valence-corrected chi connectivity index (χ0v) is 15.6. The third kappa shape index (κ3) is 5.23. The van der Waals surface area contributed by atoms with Gasteiger partial charge in [-0.05, 0) is 55.9 Å². The van der Waals surface area contributed by atoms with Crippen LogP contribution in [0, 0.1) is 6.92 Å². The van der Waals surface area contributed by atoms with Gasteiger partial charge in [-0.3, -0.25) is 4.79 Å². The molecule has 5 heteroatoms. The molecule has 138 valence electrons. The van der Waals surface area contributed by atoms with Crippen LogP contribution in [-0.2, 0) is 4.79 Å². The van der Waals surface area contributed by atoms with Crippen molar-refractivity contribution in [3.8, 4) is 5.75 Å². The maximum atomic E-state index is 12.1. The molecule has 1 aliphatic rings. The summed E-state index contributed by atoms with van der Waals surface area (Å²) >= 11 is 0. The fraction of sp³-hybridized carbons (Fsp3) is 0.381. The Morgan fingerprint density at radius 3 is 2.50 bits per heavy atom. The quantitative estimate of drug-likeness (QED) is 0.866. The van der Waals surface area contributed by atoms with E-state index < -0.39 is 0 Å². The van der Waals surface area contributed by atoms with Gasteiger partial charge in [0.25, 0.3) is 0 Å². The summed E-state index contributed by atoms with van der Waals surface area (Å²) in [4.78, 5) is 16.8. The predicted octanol–water partition coefficient (Wildman–Crippen LogP) is 3.15. The molecule has 0 atom stereocenters. The molecule has 2 aromatic rings. The first-order valence-electron chi connectivity index (χ1n) is 9.13. The number of aryl methyl sites for hydroxylation is 1. The summed E-state index contributed by atoms with van der Waals surface area (Å²) in [7, 11) is 2.15. The van der Waals surface area contributed by atoms with Gasteiger partial charge in [-0.2, -0.15) is 0 Å². The van der Waals surface area contributed by atoms with Gasteiger partial charge in [0.05, 0.1) is 13.0 Å². The number of anilines is 2. The lowest BCUT2D eigenvalue weighted by Crippen LogP contribution is -2.44. The van der Waals surface area contributed by atoms with Crippen LogP contribution < -0.4 is 15.0 Å². The number of benzene rings is 2. The number of likely N-dealkylation sites (N-methyl/N-ethyl adjacent to an activating group) is 1. The maximum absolute atomic E-state index is 12.1. The zero-order chi connectivity index (χ0) is 18.4. The molecule has 1 aliphatic heterocycles. The fourth-order valence-electron chi connectivity index (χ4n) is 3.01. The van der Waals surface area contributed by atoms with Crippen molar-refractivity contribution >= 4 is 17.3 Å². The van der Waals surface area contributed by atoms with E-state index in [1.165, 1.54) is 5.69 Å². The molecule has 5 nitrogen and oxygen atoms in total. The number of carbonyl (C=O) groups is 1. The Labute approximate surface area is 155 Å². The van der Waals surface area contributed by atoms with Gasteiger partial charge in [0.1, 0.15) is 5.75 Å². The van der Waals surface area contributed by atoms with Gasteiger partial charge in [0.15, 0.2) is 0 Å². The molecule has 2 aromatic carbocycles.